The molecule has 0 spiro atoms. The fraction of sp³-hybridized carbons (Fsp3) is 0.595. The molecule has 0 saturated carbocycles. The van der Waals surface area contributed by atoms with Crippen molar-refractivity contribution in [3.05, 3.63) is 53.9 Å². The van der Waals surface area contributed by atoms with Gasteiger partial charge >= 0.3 is 0 Å². The lowest BCUT2D eigenvalue weighted by molar-refractivity contribution is -0.0252. The number of hydrogen-bond donors (Lipinski definition) is 0. The summed E-state index contributed by atoms with van der Waals surface area (Å²) >= 11 is 0. The first-order chi connectivity index (χ1) is 24.7. The second kappa shape index (κ2) is 27.6. The zero-order valence-electron chi connectivity index (χ0n) is 30.0. The summed E-state index contributed by atoms with van der Waals surface area (Å²) in [5, 5.41) is 0. The Balaban J connectivity index is 1.05. The summed E-state index contributed by atoms with van der Waals surface area (Å²) in [6, 6.07) is 13.9. The van der Waals surface area contributed by atoms with Crippen LogP contribution in [0.15, 0.2) is 46.9 Å². The van der Waals surface area contributed by atoms with Crippen molar-refractivity contribution in [2.75, 3.05) is 145 Å². The Labute approximate surface area is 296 Å². The first-order valence-corrected chi connectivity index (χ1v) is 17.3. The average molecular weight is 705 g/mol. The van der Waals surface area contributed by atoms with Crippen LogP contribution in [0.4, 0.5) is 5.69 Å². The lowest BCUT2D eigenvalue weighted by Gasteiger charge is -2.11. The van der Waals surface area contributed by atoms with Gasteiger partial charge in [0.1, 0.15) is 17.9 Å². The van der Waals surface area contributed by atoms with Crippen LogP contribution in [0.5, 0.6) is 5.75 Å². The Morgan fingerprint density at radius 2 is 0.980 bits per heavy atom. The van der Waals surface area contributed by atoms with Gasteiger partial charge in [-0.1, -0.05) is 12.1 Å². The van der Waals surface area contributed by atoms with Gasteiger partial charge in [0.25, 0.3) is 0 Å². The minimum atomic E-state index is 0.417. The van der Waals surface area contributed by atoms with E-state index in [0.717, 1.165) is 16.8 Å². The van der Waals surface area contributed by atoms with Crippen molar-refractivity contribution in [1.82, 2.24) is 4.98 Å². The Bertz CT molecular complexity index is 1270. The van der Waals surface area contributed by atoms with Gasteiger partial charge in [-0.15, -0.1) is 0 Å². The van der Waals surface area contributed by atoms with E-state index in [9.17, 15) is 0 Å². The van der Waals surface area contributed by atoms with Crippen molar-refractivity contribution in [3.63, 3.8) is 0 Å². The van der Waals surface area contributed by atoms with Crippen LogP contribution in [0.25, 0.3) is 23.3 Å². The molecular formula is C37H56N2O11. The number of nitrogens with zero attached hydrogens (tertiary/aromatic N) is 2. The molecule has 0 fully saturated rings. The SMILES string of the molecule is CCOCCOCCOCCOCCOCCOCCOCCOCCOCCOc1ccc2nc(/C=C/c3ccc(N(C)C)cc3)oc2c1. The third kappa shape index (κ3) is 19.3. The van der Waals surface area contributed by atoms with Crippen molar-refractivity contribution in [2.24, 2.45) is 0 Å². The topological polar surface area (TPSA) is 122 Å². The first kappa shape index (κ1) is 41.3. The molecule has 0 amide bonds. The van der Waals surface area contributed by atoms with Gasteiger partial charge in [0, 0.05) is 38.5 Å². The molecule has 0 atom stereocenters. The molecule has 50 heavy (non-hydrogen) atoms. The Morgan fingerprint density at radius 3 is 1.42 bits per heavy atom. The van der Waals surface area contributed by atoms with Crippen molar-refractivity contribution >= 4 is 28.9 Å². The van der Waals surface area contributed by atoms with Gasteiger partial charge in [-0.2, -0.15) is 0 Å². The number of benzene rings is 2. The van der Waals surface area contributed by atoms with E-state index < -0.39 is 0 Å². The van der Waals surface area contributed by atoms with E-state index in [1.54, 1.807) is 0 Å². The van der Waals surface area contributed by atoms with Crippen molar-refractivity contribution in [1.29, 1.82) is 0 Å². The van der Waals surface area contributed by atoms with Crippen LogP contribution in [0.1, 0.15) is 18.4 Å². The lowest BCUT2D eigenvalue weighted by atomic mass is 10.2. The fourth-order valence-corrected chi connectivity index (χ4v) is 4.26. The molecule has 0 radical (unpaired) electrons. The van der Waals surface area contributed by atoms with E-state index in [1.165, 1.54) is 0 Å². The number of fused-ring (bicyclic) bond motifs is 1. The molecule has 2 aromatic carbocycles. The van der Waals surface area contributed by atoms with Gasteiger partial charge in [0.15, 0.2) is 5.58 Å². The zero-order chi connectivity index (χ0) is 35.3. The van der Waals surface area contributed by atoms with Crippen molar-refractivity contribution in [3.8, 4) is 5.75 Å². The van der Waals surface area contributed by atoms with E-state index in [1.807, 2.05) is 51.4 Å². The van der Waals surface area contributed by atoms with Gasteiger partial charge in [-0.3, -0.25) is 0 Å². The molecule has 3 rings (SSSR count). The third-order valence-corrected chi connectivity index (χ3v) is 6.88. The minimum Gasteiger partial charge on any atom is -0.491 e. The van der Waals surface area contributed by atoms with Crippen LogP contribution in [0.2, 0.25) is 0 Å². The highest BCUT2D eigenvalue weighted by Gasteiger charge is 2.06. The Kier molecular flexibility index (Phi) is 22.8. The lowest BCUT2D eigenvalue weighted by Crippen LogP contribution is -2.15. The molecule has 0 bridgehead atoms. The van der Waals surface area contributed by atoms with E-state index in [-0.39, 0.29) is 0 Å². The summed E-state index contributed by atoms with van der Waals surface area (Å²) in [6.45, 7) is 11.9. The molecule has 0 aliphatic carbocycles. The number of anilines is 1. The van der Waals surface area contributed by atoms with Crippen molar-refractivity contribution in [2.45, 2.75) is 6.92 Å². The second-order valence-electron chi connectivity index (χ2n) is 10.9. The predicted molar refractivity (Wildman–Crippen MR) is 192 cm³/mol. The molecule has 0 unspecified atom stereocenters. The maximum absolute atomic E-state index is 5.89. The highest BCUT2D eigenvalue weighted by atomic mass is 16.6. The first-order valence-electron chi connectivity index (χ1n) is 17.3. The highest BCUT2D eigenvalue weighted by Crippen LogP contribution is 2.23. The largest absolute Gasteiger partial charge is 0.491 e. The normalized spacial score (nSPS) is 11.7. The fourth-order valence-electron chi connectivity index (χ4n) is 4.26. The highest BCUT2D eigenvalue weighted by molar-refractivity contribution is 5.77. The maximum Gasteiger partial charge on any atom is 0.220 e. The predicted octanol–water partition coefficient (Wildman–Crippen LogP) is 4.61. The molecule has 3 aromatic rings. The zero-order valence-corrected chi connectivity index (χ0v) is 30.0. The maximum atomic E-state index is 5.89. The summed E-state index contributed by atoms with van der Waals surface area (Å²) in [6.07, 6.45) is 3.85. The number of oxazole rings is 1. The van der Waals surface area contributed by atoms with Crippen LogP contribution in [-0.4, -0.2) is 145 Å². The third-order valence-electron chi connectivity index (χ3n) is 6.88. The second-order valence-corrected chi connectivity index (χ2v) is 10.9. The van der Waals surface area contributed by atoms with Crippen LogP contribution in [-0.2, 0) is 42.6 Å². The van der Waals surface area contributed by atoms with Crippen molar-refractivity contribution < 1.29 is 51.8 Å². The quantitative estimate of drug-likeness (QED) is 0.0842. The monoisotopic (exact) mass is 704 g/mol. The van der Waals surface area contributed by atoms with Gasteiger partial charge < -0.3 is 56.7 Å². The number of aromatic nitrogens is 1. The minimum absolute atomic E-state index is 0.417. The summed E-state index contributed by atoms with van der Waals surface area (Å²) < 4.78 is 60.8. The molecule has 13 nitrogen and oxygen atoms in total. The molecule has 280 valence electrons. The standard InChI is InChI=1S/C37H56N2O11/c1-4-40-13-14-41-15-16-42-17-18-43-19-20-44-21-22-45-23-24-46-25-26-47-27-28-48-29-30-49-34-10-11-35-36(31-34)50-37(38-35)12-7-32-5-8-33(9-6-32)39(2)3/h5-12,31H,4,13-30H2,1-3H3/b12-7+. The number of ether oxygens (including phenoxy) is 10. The summed E-state index contributed by atoms with van der Waals surface area (Å²) in [4.78, 5) is 6.60. The van der Waals surface area contributed by atoms with E-state index >= 15 is 0 Å². The summed E-state index contributed by atoms with van der Waals surface area (Å²) in [7, 11) is 4.04. The molecule has 13 heteroatoms. The van der Waals surface area contributed by atoms with Gasteiger partial charge in [-0.25, -0.2) is 4.98 Å². The smallest absolute Gasteiger partial charge is 0.220 e. The molecule has 0 saturated heterocycles. The van der Waals surface area contributed by atoms with E-state index in [2.05, 4.69) is 34.1 Å². The average Bonchev–Trinajstić information content (AvgIpc) is 3.54. The van der Waals surface area contributed by atoms with Gasteiger partial charge in [0.05, 0.1) is 112 Å². The summed E-state index contributed by atoms with van der Waals surface area (Å²) in [5.74, 6) is 1.24. The summed E-state index contributed by atoms with van der Waals surface area (Å²) in [5.41, 5.74) is 3.67. The molecule has 1 heterocycles. The van der Waals surface area contributed by atoms with Crippen LogP contribution in [0.3, 0.4) is 0 Å². The van der Waals surface area contributed by atoms with Crippen LogP contribution >= 0.6 is 0 Å². The van der Waals surface area contributed by atoms with Gasteiger partial charge in [0.2, 0.25) is 5.89 Å². The molecule has 0 aliphatic heterocycles. The number of rotatable bonds is 32. The van der Waals surface area contributed by atoms with E-state index in [4.69, 9.17) is 51.8 Å². The van der Waals surface area contributed by atoms with Gasteiger partial charge in [-0.05, 0) is 42.8 Å². The molecule has 1 aromatic heterocycles. The van der Waals surface area contributed by atoms with Crippen LogP contribution in [0, 0.1) is 0 Å². The van der Waals surface area contributed by atoms with Crippen LogP contribution < -0.4 is 9.64 Å². The molecular weight excluding hydrogens is 648 g/mol. The number of hydrogen-bond acceptors (Lipinski definition) is 13. The molecule has 0 aliphatic rings. The Morgan fingerprint density at radius 1 is 0.540 bits per heavy atom. The molecule has 0 N–H and O–H groups in total. The van der Waals surface area contributed by atoms with E-state index in [0.29, 0.717) is 143 Å². The Hall–Kier alpha value is -3.11.